The van der Waals surface area contributed by atoms with Gasteiger partial charge in [0.2, 0.25) is 0 Å². The molecule has 0 radical (unpaired) electrons. The highest BCUT2D eigenvalue weighted by Gasteiger charge is 2.43. The molecule has 51 heavy (non-hydrogen) atoms. The number of hydrogen-bond acceptors (Lipinski definition) is 11. The smallest absolute Gasteiger partial charge is 0.340 e. The number of oxime groups is 1. The van der Waals surface area contributed by atoms with Crippen molar-refractivity contribution in [3.8, 4) is 12.8 Å². The van der Waals surface area contributed by atoms with Gasteiger partial charge in [-0.2, -0.15) is 0 Å². The van der Waals surface area contributed by atoms with Gasteiger partial charge in [-0.1, -0.05) is 60.6 Å². The molecule has 11 heteroatoms. The van der Waals surface area contributed by atoms with Crippen molar-refractivity contribution in [2.45, 2.75) is 59.5 Å². The van der Waals surface area contributed by atoms with Crippen LogP contribution in [0.3, 0.4) is 0 Å². The van der Waals surface area contributed by atoms with Crippen LogP contribution in [-0.4, -0.2) is 68.4 Å². The normalized spacial score (nSPS) is 15.9. The molecule has 4 unspecified atom stereocenters. The summed E-state index contributed by atoms with van der Waals surface area (Å²) in [6.07, 6.45) is 9.49. The Hall–Kier alpha value is -5.05. The van der Waals surface area contributed by atoms with Crippen LogP contribution in [0.4, 0.5) is 0 Å². The van der Waals surface area contributed by atoms with Crippen LogP contribution >= 0.6 is 0 Å². The molecule has 0 spiro atoms. The van der Waals surface area contributed by atoms with Crippen molar-refractivity contribution in [3.05, 3.63) is 73.3 Å². The highest BCUT2D eigenvalue weighted by atomic mass is 16.7. The van der Waals surface area contributed by atoms with Crippen LogP contribution in [0.1, 0.15) is 58.9 Å². The van der Waals surface area contributed by atoms with Gasteiger partial charge in [0.1, 0.15) is 12.7 Å². The Kier molecular flexibility index (Phi) is 16.5. The first-order valence-corrected chi connectivity index (χ1v) is 16.5. The Bertz CT molecular complexity index is 1640. The van der Waals surface area contributed by atoms with E-state index in [0.29, 0.717) is 13.0 Å². The molecule has 1 fully saturated rings. The number of terminal acetylenes is 1. The average Bonchev–Trinajstić information content (AvgIpc) is 3.98. The maximum absolute atomic E-state index is 13.4. The summed E-state index contributed by atoms with van der Waals surface area (Å²) >= 11 is 0. The first-order chi connectivity index (χ1) is 24.4. The highest BCUT2D eigenvalue weighted by molar-refractivity contribution is 6.13. The predicted octanol–water partition coefficient (Wildman–Crippen LogP) is 6.37. The number of rotatable bonds is 16. The topological polar surface area (TPSA) is 150 Å². The zero-order chi connectivity index (χ0) is 38.2. The Morgan fingerprint density at radius 2 is 1.47 bits per heavy atom. The number of fused-ring (bicyclic) bond motifs is 2. The van der Waals surface area contributed by atoms with Gasteiger partial charge in [-0.3, -0.25) is 14.4 Å². The number of aliphatic hydroxyl groups is 1. The molecule has 274 valence electrons. The number of epoxide rings is 1. The number of benzene rings is 3. The molecular weight excluding hydrogens is 654 g/mol. The third-order valence-corrected chi connectivity index (χ3v) is 8.85. The van der Waals surface area contributed by atoms with Crippen molar-refractivity contribution in [3.63, 3.8) is 0 Å². The summed E-state index contributed by atoms with van der Waals surface area (Å²) in [7, 11) is 1.27. The summed E-state index contributed by atoms with van der Waals surface area (Å²) in [4.78, 5) is 57.9. The second-order valence-corrected chi connectivity index (χ2v) is 12.9. The fourth-order valence-corrected chi connectivity index (χ4v) is 5.81. The van der Waals surface area contributed by atoms with Crippen molar-refractivity contribution in [1.29, 1.82) is 0 Å². The van der Waals surface area contributed by atoms with E-state index in [1.165, 1.54) is 13.3 Å². The standard InChI is InChI=1S/C36H43NO10.C2H4.C2H2/c1-6-36(4,34(42)43-5)18-26(31(39)45-21-27-20-44-27)16-25(32(40)46-22-38)17-35(2,3)33(41)47-37-19-30-28-13-9-7-11-23(28)15-24-12-8-10-14-29(24)30;2*1-2/h7-15,19,25-27,38H,6,16-18,20-22H2,1-5H3;1-2H2;1-2H/b37-19+;;. The molecule has 1 saturated heterocycles. The fourth-order valence-electron chi connectivity index (χ4n) is 5.81. The summed E-state index contributed by atoms with van der Waals surface area (Å²) < 4.78 is 20.6. The minimum Gasteiger partial charge on any atom is -0.469 e. The lowest BCUT2D eigenvalue weighted by atomic mass is 9.73. The maximum Gasteiger partial charge on any atom is 0.340 e. The Morgan fingerprint density at radius 3 is 1.98 bits per heavy atom. The van der Waals surface area contributed by atoms with Gasteiger partial charge in [0.15, 0.2) is 6.79 Å². The maximum atomic E-state index is 13.4. The molecule has 0 bridgehead atoms. The first-order valence-electron chi connectivity index (χ1n) is 16.5. The van der Waals surface area contributed by atoms with Gasteiger partial charge in [-0.15, -0.1) is 26.0 Å². The Labute approximate surface area is 299 Å². The van der Waals surface area contributed by atoms with Crippen LogP contribution in [-0.2, 0) is 43.0 Å². The van der Waals surface area contributed by atoms with E-state index in [4.69, 9.17) is 23.8 Å². The van der Waals surface area contributed by atoms with E-state index in [0.717, 1.165) is 27.1 Å². The van der Waals surface area contributed by atoms with Gasteiger partial charge in [-0.05, 0) is 74.1 Å². The van der Waals surface area contributed by atoms with Crippen molar-refractivity contribution in [2.75, 3.05) is 27.1 Å². The lowest BCUT2D eigenvalue weighted by molar-refractivity contribution is -0.163. The SMILES string of the molecule is C#C.C=C.CCC(C)(CC(CC(CC(C)(C)C(=O)O/N=C/c1c2ccccc2cc2ccccc12)C(=O)OCO)C(=O)OCC1CO1)C(=O)OC. The molecule has 1 aliphatic rings. The van der Waals surface area contributed by atoms with E-state index in [9.17, 15) is 24.3 Å². The monoisotopic (exact) mass is 703 g/mol. The van der Waals surface area contributed by atoms with Gasteiger partial charge in [0.25, 0.3) is 0 Å². The van der Waals surface area contributed by atoms with Crippen LogP contribution in [0.15, 0.2) is 72.9 Å². The number of methoxy groups -OCH3 is 1. The van der Waals surface area contributed by atoms with Crippen LogP contribution in [0.2, 0.25) is 0 Å². The molecule has 1 heterocycles. The third kappa shape index (κ3) is 11.5. The molecule has 1 N–H and O–H groups in total. The predicted molar refractivity (Wildman–Crippen MR) is 195 cm³/mol. The van der Waals surface area contributed by atoms with Crippen LogP contribution in [0.25, 0.3) is 21.5 Å². The van der Waals surface area contributed by atoms with Crippen molar-refractivity contribution >= 4 is 51.6 Å². The summed E-state index contributed by atoms with van der Waals surface area (Å²) in [6, 6.07) is 17.8. The number of carbonyl (C=O) groups is 4. The quantitative estimate of drug-likeness (QED) is 0.0170. The number of carbonyl (C=O) groups excluding carboxylic acids is 4. The zero-order valence-electron chi connectivity index (χ0n) is 30.1. The summed E-state index contributed by atoms with van der Waals surface area (Å²) in [5, 5.41) is 17.3. The highest BCUT2D eigenvalue weighted by Crippen LogP contribution is 2.38. The third-order valence-electron chi connectivity index (χ3n) is 8.85. The number of ether oxygens (including phenoxy) is 4. The number of aliphatic hydroxyl groups excluding tert-OH is 1. The molecule has 4 rings (SSSR count). The van der Waals surface area contributed by atoms with Gasteiger partial charge in [0.05, 0.1) is 42.6 Å². The molecule has 3 aromatic rings. The van der Waals surface area contributed by atoms with Crippen LogP contribution in [0, 0.1) is 35.5 Å². The van der Waals surface area contributed by atoms with E-state index in [-0.39, 0.29) is 32.0 Å². The van der Waals surface area contributed by atoms with Gasteiger partial charge in [-0.25, -0.2) is 4.79 Å². The van der Waals surface area contributed by atoms with Gasteiger partial charge < -0.3 is 28.9 Å². The largest absolute Gasteiger partial charge is 0.469 e. The van der Waals surface area contributed by atoms with Crippen LogP contribution in [0.5, 0.6) is 0 Å². The molecule has 0 saturated carbocycles. The first kappa shape index (κ1) is 42.1. The Balaban J connectivity index is 0.00000217. The summed E-state index contributed by atoms with van der Waals surface area (Å²) in [5.41, 5.74) is -1.53. The molecule has 0 aliphatic carbocycles. The molecule has 0 amide bonds. The van der Waals surface area contributed by atoms with Crippen molar-refractivity contribution in [2.24, 2.45) is 27.8 Å². The molecule has 3 aromatic carbocycles. The summed E-state index contributed by atoms with van der Waals surface area (Å²) in [6.45, 7) is 12.3. The molecule has 0 aromatic heterocycles. The second-order valence-electron chi connectivity index (χ2n) is 12.9. The molecule has 4 atom stereocenters. The zero-order valence-corrected chi connectivity index (χ0v) is 30.1. The van der Waals surface area contributed by atoms with E-state index < -0.39 is 53.3 Å². The van der Waals surface area contributed by atoms with E-state index in [2.05, 4.69) is 37.2 Å². The van der Waals surface area contributed by atoms with Crippen molar-refractivity contribution in [1.82, 2.24) is 0 Å². The fraction of sp³-hybridized carbons (Fsp3) is 0.425. The van der Waals surface area contributed by atoms with Gasteiger partial charge >= 0.3 is 23.9 Å². The number of hydrogen-bond donors (Lipinski definition) is 1. The van der Waals surface area contributed by atoms with Crippen molar-refractivity contribution < 1.29 is 48.1 Å². The minimum atomic E-state index is -1.27. The molecule has 11 nitrogen and oxygen atoms in total. The lowest BCUT2D eigenvalue weighted by Gasteiger charge is -2.32. The second kappa shape index (κ2) is 20.0. The Morgan fingerprint density at radius 1 is 0.941 bits per heavy atom. The lowest BCUT2D eigenvalue weighted by Crippen LogP contribution is -2.37. The van der Waals surface area contributed by atoms with E-state index in [1.807, 2.05) is 48.5 Å². The minimum absolute atomic E-state index is 0.0254. The van der Waals surface area contributed by atoms with Crippen LogP contribution < -0.4 is 0 Å². The van der Waals surface area contributed by atoms with E-state index in [1.54, 1.807) is 27.7 Å². The molecular formula is C40H49NO10. The van der Waals surface area contributed by atoms with Gasteiger partial charge in [0, 0.05) is 5.56 Å². The average molecular weight is 704 g/mol. The van der Waals surface area contributed by atoms with E-state index >= 15 is 0 Å². The number of esters is 3. The summed E-state index contributed by atoms with van der Waals surface area (Å²) in [5.74, 6) is -4.60. The number of nitrogens with zero attached hydrogens (tertiary/aromatic N) is 1. The molecule has 1 aliphatic heterocycles.